The second-order valence-corrected chi connectivity index (χ2v) is 6.65. The standard InChI is InChI=1S/C14H20FNOS/c1-5-16-13-12-9(8-18-14(13,2)3)11(17-4)7-6-10(12)15/h6-7,13,16H,5,8H2,1-4H3. The van der Waals surface area contributed by atoms with E-state index in [0.29, 0.717) is 0 Å². The van der Waals surface area contributed by atoms with E-state index in [4.69, 9.17) is 4.74 Å². The Labute approximate surface area is 112 Å². The van der Waals surface area contributed by atoms with Crippen molar-refractivity contribution in [2.75, 3.05) is 13.7 Å². The van der Waals surface area contributed by atoms with Crippen LogP contribution in [0.4, 0.5) is 4.39 Å². The molecular formula is C14H20FNOS. The zero-order chi connectivity index (χ0) is 13.3. The summed E-state index contributed by atoms with van der Waals surface area (Å²) in [6, 6.07) is 3.25. The molecular weight excluding hydrogens is 249 g/mol. The topological polar surface area (TPSA) is 21.3 Å². The van der Waals surface area contributed by atoms with Gasteiger partial charge in [0.1, 0.15) is 11.6 Å². The number of methoxy groups -OCH3 is 1. The highest BCUT2D eigenvalue weighted by Crippen LogP contribution is 2.48. The van der Waals surface area contributed by atoms with Gasteiger partial charge >= 0.3 is 0 Å². The van der Waals surface area contributed by atoms with Gasteiger partial charge in [0.25, 0.3) is 0 Å². The van der Waals surface area contributed by atoms with E-state index in [1.165, 1.54) is 6.07 Å². The molecule has 0 amide bonds. The number of halogens is 1. The highest BCUT2D eigenvalue weighted by atomic mass is 32.2. The van der Waals surface area contributed by atoms with Gasteiger partial charge in [-0.2, -0.15) is 0 Å². The lowest BCUT2D eigenvalue weighted by atomic mass is 9.90. The molecule has 1 aromatic rings. The van der Waals surface area contributed by atoms with Gasteiger partial charge in [-0.1, -0.05) is 6.92 Å². The Morgan fingerprint density at radius 2 is 2.22 bits per heavy atom. The molecule has 0 aliphatic carbocycles. The molecule has 1 aromatic carbocycles. The maximum absolute atomic E-state index is 14.2. The predicted molar refractivity (Wildman–Crippen MR) is 74.7 cm³/mol. The summed E-state index contributed by atoms with van der Waals surface area (Å²) in [4.78, 5) is 0. The van der Waals surface area contributed by atoms with Crippen LogP contribution in [0.5, 0.6) is 5.75 Å². The zero-order valence-electron chi connectivity index (χ0n) is 11.3. The molecule has 4 heteroatoms. The van der Waals surface area contributed by atoms with Crippen molar-refractivity contribution in [2.24, 2.45) is 0 Å². The fourth-order valence-electron chi connectivity index (χ4n) is 2.51. The van der Waals surface area contributed by atoms with E-state index in [1.54, 1.807) is 13.2 Å². The molecule has 0 bridgehead atoms. The highest BCUT2D eigenvalue weighted by Gasteiger charge is 2.39. The molecule has 0 saturated carbocycles. The predicted octanol–water partition coefficient (Wildman–Crippen LogP) is 3.51. The monoisotopic (exact) mass is 269 g/mol. The minimum absolute atomic E-state index is 0.0176. The summed E-state index contributed by atoms with van der Waals surface area (Å²) in [6.45, 7) is 7.19. The molecule has 2 nitrogen and oxygen atoms in total. The molecule has 1 unspecified atom stereocenters. The van der Waals surface area contributed by atoms with Gasteiger partial charge in [0.15, 0.2) is 0 Å². The molecule has 0 aromatic heterocycles. The number of rotatable bonds is 3. The van der Waals surface area contributed by atoms with Gasteiger partial charge in [0, 0.05) is 27.7 Å². The Kier molecular flexibility index (Phi) is 3.87. The highest BCUT2D eigenvalue weighted by molar-refractivity contribution is 8.00. The molecule has 0 radical (unpaired) electrons. The number of nitrogens with one attached hydrogen (secondary N) is 1. The zero-order valence-corrected chi connectivity index (χ0v) is 12.2. The van der Waals surface area contributed by atoms with Crippen molar-refractivity contribution in [2.45, 2.75) is 37.3 Å². The summed E-state index contributed by atoms with van der Waals surface area (Å²) in [5, 5.41) is 3.41. The van der Waals surface area contributed by atoms with Crippen LogP contribution in [0.2, 0.25) is 0 Å². The van der Waals surface area contributed by atoms with Crippen molar-refractivity contribution < 1.29 is 9.13 Å². The maximum atomic E-state index is 14.2. The summed E-state index contributed by atoms with van der Waals surface area (Å²) in [5.74, 6) is 1.45. The first-order valence-electron chi connectivity index (χ1n) is 6.24. The summed E-state index contributed by atoms with van der Waals surface area (Å²) in [7, 11) is 1.64. The first kappa shape index (κ1) is 13.7. The lowest BCUT2D eigenvalue weighted by Gasteiger charge is -2.40. The molecule has 1 heterocycles. The molecule has 2 rings (SSSR count). The maximum Gasteiger partial charge on any atom is 0.128 e. The molecule has 1 aliphatic heterocycles. The third-order valence-corrected chi connectivity index (χ3v) is 4.87. The van der Waals surface area contributed by atoms with Crippen LogP contribution < -0.4 is 10.1 Å². The second kappa shape index (κ2) is 5.10. The molecule has 1 atom stereocenters. The Hall–Kier alpha value is -0.740. The third kappa shape index (κ3) is 2.24. The molecule has 0 saturated heterocycles. The lowest BCUT2D eigenvalue weighted by Crippen LogP contribution is -2.40. The fourth-order valence-corrected chi connectivity index (χ4v) is 3.69. The van der Waals surface area contributed by atoms with Crippen LogP contribution in [0.3, 0.4) is 0 Å². The van der Waals surface area contributed by atoms with Crippen LogP contribution in [-0.2, 0) is 5.75 Å². The van der Waals surface area contributed by atoms with Gasteiger partial charge in [-0.25, -0.2) is 4.39 Å². The van der Waals surface area contributed by atoms with E-state index < -0.39 is 0 Å². The van der Waals surface area contributed by atoms with Gasteiger partial charge in [-0.3, -0.25) is 0 Å². The van der Waals surface area contributed by atoms with Crippen molar-refractivity contribution in [3.63, 3.8) is 0 Å². The van der Waals surface area contributed by atoms with Crippen LogP contribution in [0.1, 0.15) is 37.9 Å². The number of thioether (sulfide) groups is 1. The number of fused-ring (bicyclic) bond motifs is 1. The first-order valence-corrected chi connectivity index (χ1v) is 7.22. The largest absolute Gasteiger partial charge is 0.496 e. The number of ether oxygens (including phenoxy) is 1. The number of hydrogen-bond donors (Lipinski definition) is 1. The number of hydrogen-bond acceptors (Lipinski definition) is 3. The average Bonchev–Trinajstić information content (AvgIpc) is 2.33. The Bertz CT molecular complexity index is 448. The van der Waals surface area contributed by atoms with Gasteiger partial charge in [0.2, 0.25) is 0 Å². The number of benzene rings is 1. The summed E-state index contributed by atoms with van der Waals surface area (Å²) in [6.07, 6.45) is 0. The van der Waals surface area contributed by atoms with Gasteiger partial charge < -0.3 is 10.1 Å². The van der Waals surface area contributed by atoms with Crippen molar-refractivity contribution in [1.82, 2.24) is 5.32 Å². The quantitative estimate of drug-likeness (QED) is 0.907. The Morgan fingerprint density at radius 1 is 1.50 bits per heavy atom. The van der Waals surface area contributed by atoms with E-state index in [1.807, 2.05) is 18.7 Å². The van der Waals surface area contributed by atoms with Gasteiger partial charge in [-0.05, 0) is 32.5 Å². The van der Waals surface area contributed by atoms with Crippen LogP contribution in [0.25, 0.3) is 0 Å². The first-order chi connectivity index (χ1) is 8.51. The van der Waals surface area contributed by atoms with Crippen molar-refractivity contribution in [1.29, 1.82) is 0 Å². The third-order valence-electron chi connectivity index (χ3n) is 3.46. The van der Waals surface area contributed by atoms with E-state index in [0.717, 1.165) is 29.2 Å². The normalized spacial score (nSPS) is 21.5. The van der Waals surface area contributed by atoms with Crippen molar-refractivity contribution in [3.8, 4) is 5.75 Å². The van der Waals surface area contributed by atoms with E-state index in [2.05, 4.69) is 19.2 Å². The molecule has 1 N–H and O–H groups in total. The van der Waals surface area contributed by atoms with Crippen molar-refractivity contribution in [3.05, 3.63) is 29.1 Å². The van der Waals surface area contributed by atoms with Crippen LogP contribution in [-0.4, -0.2) is 18.4 Å². The lowest BCUT2D eigenvalue weighted by molar-refractivity contribution is 0.394. The fraction of sp³-hybridized carbons (Fsp3) is 0.571. The van der Waals surface area contributed by atoms with Crippen LogP contribution in [0, 0.1) is 5.82 Å². The minimum atomic E-state index is -0.134. The van der Waals surface area contributed by atoms with Gasteiger partial charge in [-0.15, -0.1) is 11.8 Å². The Balaban J connectivity index is 2.56. The second-order valence-electron chi connectivity index (χ2n) is 5.02. The Morgan fingerprint density at radius 3 is 2.83 bits per heavy atom. The van der Waals surface area contributed by atoms with E-state index >= 15 is 0 Å². The molecule has 18 heavy (non-hydrogen) atoms. The smallest absolute Gasteiger partial charge is 0.128 e. The van der Waals surface area contributed by atoms with Crippen molar-refractivity contribution >= 4 is 11.8 Å². The van der Waals surface area contributed by atoms with E-state index in [9.17, 15) is 4.39 Å². The SMILES string of the molecule is CCNC1c2c(F)ccc(OC)c2CSC1(C)C. The molecule has 0 fully saturated rings. The molecule has 0 spiro atoms. The molecule has 1 aliphatic rings. The van der Waals surface area contributed by atoms with E-state index in [-0.39, 0.29) is 16.6 Å². The summed E-state index contributed by atoms with van der Waals surface area (Å²) < 4.78 is 19.5. The minimum Gasteiger partial charge on any atom is -0.496 e. The molecule has 100 valence electrons. The van der Waals surface area contributed by atoms with Gasteiger partial charge in [0.05, 0.1) is 7.11 Å². The van der Waals surface area contributed by atoms with Crippen LogP contribution >= 0.6 is 11.8 Å². The average molecular weight is 269 g/mol. The summed E-state index contributed by atoms with van der Waals surface area (Å²) in [5.41, 5.74) is 1.77. The summed E-state index contributed by atoms with van der Waals surface area (Å²) >= 11 is 1.84. The van der Waals surface area contributed by atoms with Crippen LogP contribution in [0.15, 0.2) is 12.1 Å².